The van der Waals surface area contributed by atoms with Gasteiger partial charge in [-0.25, -0.2) is 14.8 Å². The van der Waals surface area contributed by atoms with E-state index in [4.69, 9.17) is 9.47 Å². The highest BCUT2D eigenvalue weighted by molar-refractivity contribution is 5.86. The summed E-state index contributed by atoms with van der Waals surface area (Å²) < 4.78 is 10.9. The van der Waals surface area contributed by atoms with Crippen LogP contribution in [0.4, 0.5) is 10.7 Å². The molecule has 2 aromatic carbocycles. The van der Waals surface area contributed by atoms with Crippen LogP contribution in [0.25, 0.3) is 10.9 Å². The molecule has 0 radical (unpaired) electrons. The van der Waals surface area contributed by atoms with Crippen LogP contribution in [0.3, 0.4) is 0 Å². The van der Waals surface area contributed by atoms with Gasteiger partial charge < -0.3 is 19.8 Å². The fourth-order valence-electron chi connectivity index (χ4n) is 4.36. The second-order valence-corrected chi connectivity index (χ2v) is 8.05. The lowest BCUT2D eigenvalue weighted by Crippen LogP contribution is -2.42. The molecule has 1 atom stereocenters. The topological polar surface area (TPSA) is 92.4 Å². The van der Waals surface area contributed by atoms with E-state index in [1.165, 1.54) is 16.5 Å². The van der Waals surface area contributed by atoms with Crippen molar-refractivity contribution in [1.82, 2.24) is 19.9 Å². The zero-order valence-electron chi connectivity index (χ0n) is 18.8. The molecule has 0 fully saturated rings. The maximum absolute atomic E-state index is 13.3. The summed E-state index contributed by atoms with van der Waals surface area (Å²) in [6.07, 6.45) is 3.80. The van der Waals surface area contributed by atoms with E-state index in [9.17, 15) is 4.79 Å². The van der Waals surface area contributed by atoms with E-state index in [1.54, 1.807) is 55.7 Å². The van der Waals surface area contributed by atoms with E-state index >= 15 is 0 Å². The van der Waals surface area contributed by atoms with Crippen LogP contribution in [0.5, 0.6) is 11.5 Å². The van der Waals surface area contributed by atoms with Crippen molar-refractivity contribution in [3.63, 3.8) is 0 Å². The van der Waals surface area contributed by atoms with Gasteiger partial charge in [-0.3, -0.25) is 4.90 Å². The zero-order valence-corrected chi connectivity index (χ0v) is 18.8. The SMILES string of the molecule is CNc1ncc(C2c3[nH]c4ccc(C)cc4c3CCN2C(=O)Oc2ccc(OC)cc2)cn1. The Labute approximate surface area is 191 Å². The van der Waals surface area contributed by atoms with Gasteiger partial charge in [0.15, 0.2) is 0 Å². The van der Waals surface area contributed by atoms with E-state index in [0.717, 1.165) is 23.2 Å². The second-order valence-electron chi connectivity index (χ2n) is 8.05. The first-order valence-electron chi connectivity index (χ1n) is 10.8. The van der Waals surface area contributed by atoms with Crippen molar-refractivity contribution in [2.45, 2.75) is 19.4 Å². The van der Waals surface area contributed by atoms with Gasteiger partial charge in [-0.05, 0) is 55.3 Å². The van der Waals surface area contributed by atoms with Crippen LogP contribution < -0.4 is 14.8 Å². The summed E-state index contributed by atoms with van der Waals surface area (Å²) in [5, 5.41) is 4.12. The molecule has 8 heteroatoms. The lowest BCUT2D eigenvalue weighted by molar-refractivity contribution is 0.135. The molecule has 0 aliphatic carbocycles. The molecule has 3 heterocycles. The van der Waals surface area contributed by atoms with Gasteiger partial charge in [0, 0.05) is 48.1 Å². The predicted octanol–water partition coefficient (Wildman–Crippen LogP) is 4.46. The van der Waals surface area contributed by atoms with Crippen molar-refractivity contribution >= 4 is 22.9 Å². The van der Waals surface area contributed by atoms with Crippen LogP contribution in [0, 0.1) is 6.92 Å². The summed E-state index contributed by atoms with van der Waals surface area (Å²) in [4.78, 5) is 27.4. The van der Waals surface area contributed by atoms with Crippen LogP contribution in [0.15, 0.2) is 54.9 Å². The Hall–Kier alpha value is -4.07. The minimum Gasteiger partial charge on any atom is -0.497 e. The monoisotopic (exact) mass is 443 g/mol. The van der Waals surface area contributed by atoms with E-state index in [2.05, 4.69) is 45.4 Å². The Bertz CT molecular complexity index is 1300. The highest BCUT2D eigenvalue weighted by atomic mass is 16.6. The average molecular weight is 444 g/mol. The first-order valence-corrected chi connectivity index (χ1v) is 10.8. The van der Waals surface area contributed by atoms with Crippen LogP contribution in [0.1, 0.15) is 28.4 Å². The molecule has 8 nitrogen and oxygen atoms in total. The normalized spacial score (nSPS) is 15.2. The number of amides is 1. The maximum atomic E-state index is 13.3. The molecule has 1 unspecified atom stereocenters. The number of aryl methyl sites for hydroxylation is 1. The molecule has 2 N–H and O–H groups in total. The van der Waals surface area contributed by atoms with E-state index in [0.29, 0.717) is 24.0 Å². The number of hydrogen-bond acceptors (Lipinski definition) is 6. The highest BCUT2D eigenvalue weighted by Gasteiger charge is 2.36. The third kappa shape index (κ3) is 3.84. The predicted molar refractivity (Wildman–Crippen MR) is 126 cm³/mol. The average Bonchev–Trinajstić information content (AvgIpc) is 3.21. The number of nitrogens with zero attached hydrogens (tertiary/aromatic N) is 3. The van der Waals surface area contributed by atoms with Gasteiger partial charge in [-0.2, -0.15) is 0 Å². The minimum atomic E-state index is -0.427. The molecule has 0 spiro atoms. The fourth-order valence-corrected chi connectivity index (χ4v) is 4.36. The van der Waals surface area contributed by atoms with Crippen molar-refractivity contribution in [2.75, 3.05) is 26.0 Å². The Kier molecular flexibility index (Phi) is 5.34. The molecule has 168 valence electrons. The van der Waals surface area contributed by atoms with Gasteiger partial charge >= 0.3 is 6.09 Å². The maximum Gasteiger partial charge on any atom is 0.416 e. The Morgan fingerprint density at radius 1 is 1.12 bits per heavy atom. The summed E-state index contributed by atoms with van der Waals surface area (Å²) in [6, 6.07) is 12.9. The third-order valence-electron chi connectivity index (χ3n) is 5.99. The molecule has 2 aromatic heterocycles. The van der Waals surface area contributed by atoms with Crippen molar-refractivity contribution < 1.29 is 14.3 Å². The number of aromatic nitrogens is 3. The number of benzene rings is 2. The number of rotatable bonds is 4. The van der Waals surface area contributed by atoms with Gasteiger partial charge in [0.05, 0.1) is 7.11 Å². The molecule has 1 aliphatic heterocycles. The summed E-state index contributed by atoms with van der Waals surface area (Å²) >= 11 is 0. The Morgan fingerprint density at radius 3 is 2.55 bits per heavy atom. The second kappa shape index (κ2) is 8.46. The lowest BCUT2D eigenvalue weighted by Gasteiger charge is -2.35. The molecule has 0 saturated carbocycles. The van der Waals surface area contributed by atoms with Crippen LogP contribution in [0.2, 0.25) is 0 Å². The first kappa shape index (κ1) is 20.8. The third-order valence-corrected chi connectivity index (χ3v) is 5.99. The molecule has 33 heavy (non-hydrogen) atoms. The summed E-state index contributed by atoms with van der Waals surface area (Å²) in [5.74, 6) is 1.68. The van der Waals surface area contributed by atoms with Gasteiger partial charge in [0.2, 0.25) is 5.95 Å². The van der Waals surface area contributed by atoms with Gasteiger partial charge in [0.25, 0.3) is 0 Å². The smallest absolute Gasteiger partial charge is 0.416 e. The number of methoxy groups -OCH3 is 1. The number of fused-ring (bicyclic) bond motifs is 3. The first-order chi connectivity index (χ1) is 16.1. The van der Waals surface area contributed by atoms with Crippen molar-refractivity contribution in [1.29, 1.82) is 0 Å². The molecule has 0 bridgehead atoms. The molecular formula is C25H25N5O3. The standard InChI is InChI=1S/C25H25N5O3/c1-15-4-9-21-20(12-15)19-10-11-30(25(31)33-18-7-5-17(32-3)6-8-18)23(22(19)29-21)16-13-27-24(26-2)28-14-16/h4-9,12-14,23,29H,10-11H2,1-3H3,(H,26,27,28). The number of ether oxygens (including phenoxy) is 2. The number of nitrogens with one attached hydrogen (secondary N) is 2. The van der Waals surface area contributed by atoms with Gasteiger partial charge in [0.1, 0.15) is 17.5 Å². The van der Waals surface area contributed by atoms with Crippen LogP contribution in [-0.4, -0.2) is 46.6 Å². The quantitative estimate of drug-likeness (QED) is 0.484. The number of carbonyl (C=O) groups is 1. The molecule has 4 aromatic rings. The van der Waals surface area contributed by atoms with Crippen LogP contribution in [-0.2, 0) is 6.42 Å². The number of carbonyl (C=O) groups excluding carboxylic acids is 1. The number of H-pyrrole nitrogens is 1. The van der Waals surface area contributed by atoms with E-state index in [1.807, 2.05) is 0 Å². The summed E-state index contributed by atoms with van der Waals surface area (Å²) in [6.45, 7) is 2.60. The fraction of sp³-hybridized carbons (Fsp3) is 0.240. The van der Waals surface area contributed by atoms with Crippen molar-refractivity contribution in [3.05, 3.63) is 77.2 Å². The number of aromatic amines is 1. The lowest BCUT2D eigenvalue weighted by atomic mass is 9.94. The molecule has 0 saturated heterocycles. The van der Waals surface area contributed by atoms with E-state index in [-0.39, 0.29) is 0 Å². The highest BCUT2D eigenvalue weighted by Crippen LogP contribution is 2.39. The van der Waals surface area contributed by atoms with E-state index < -0.39 is 12.1 Å². The van der Waals surface area contributed by atoms with Gasteiger partial charge in [-0.15, -0.1) is 0 Å². The molecule has 1 aliphatic rings. The minimum absolute atomic E-state index is 0.391. The van der Waals surface area contributed by atoms with Crippen molar-refractivity contribution in [2.24, 2.45) is 0 Å². The molecular weight excluding hydrogens is 418 g/mol. The van der Waals surface area contributed by atoms with Crippen molar-refractivity contribution in [3.8, 4) is 11.5 Å². The number of hydrogen-bond donors (Lipinski definition) is 2. The Morgan fingerprint density at radius 2 is 1.85 bits per heavy atom. The molecule has 1 amide bonds. The van der Waals surface area contributed by atoms with Gasteiger partial charge in [-0.1, -0.05) is 11.6 Å². The summed E-state index contributed by atoms with van der Waals surface area (Å²) in [5.41, 5.74) is 5.24. The number of anilines is 1. The Balaban J connectivity index is 1.54. The zero-order chi connectivity index (χ0) is 22.9. The van der Waals surface area contributed by atoms with Crippen LogP contribution >= 0.6 is 0 Å². The molecule has 5 rings (SSSR count). The largest absolute Gasteiger partial charge is 0.497 e. The summed E-state index contributed by atoms with van der Waals surface area (Å²) in [7, 11) is 3.37.